The van der Waals surface area contributed by atoms with Crippen LogP contribution in [0.2, 0.25) is 0 Å². The molecule has 1 unspecified atom stereocenters. The van der Waals surface area contributed by atoms with Gasteiger partial charge in [0.05, 0.1) is 16.5 Å². The standard InChI is InChI=1S/C22H25N5O2S/c1-2-19-23-10-12-26(19)11-5-9-25-21(28)17-15-27(22(29)18-7-4-13-30-18)14-16-6-3-8-24-20(16)17/h3-4,6-8,10,12-13,17H,2,5,9,11,14-15H2,1H3,(H,25,28). The summed E-state index contributed by atoms with van der Waals surface area (Å²) in [6.45, 7) is 4.28. The highest BCUT2D eigenvalue weighted by molar-refractivity contribution is 7.12. The summed E-state index contributed by atoms with van der Waals surface area (Å²) in [5.74, 6) is 0.470. The predicted molar refractivity (Wildman–Crippen MR) is 115 cm³/mol. The van der Waals surface area contributed by atoms with Gasteiger partial charge >= 0.3 is 0 Å². The number of amides is 2. The molecule has 1 N–H and O–H groups in total. The van der Waals surface area contributed by atoms with Crippen molar-refractivity contribution < 1.29 is 9.59 Å². The molecular formula is C22H25N5O2S. The van der Waals surface area contributed by atoms with E-state index in [-0.39, 0.29) is 11.8 Å². The van der Waals surface area contributed by atoms with Crippen molar-refractivity contribution in [3.05, 3.63) is 70.2 Å². The van der Waals surface area contributed by atoms with Gasteiger partial charge < -0.3 is 14.8 Å². The van der Waals surface area contributed by atoms with Gasteiger partial charge in [-0.3, -0.25) is 14.6 Å². The van der Waals surface area contributed by atoms with Crippen LogP contribution in [0.3, 0.4) is 0 Å². The minimum absolute atomic E-state index is 0.0375. The number of nitrogens with one attached hydrogen (secondary N) is 1. The molecule has 4 heterocycles. The van der Waals surface area contributed by atoms with Crippen molar-refractivity contribution in [2.75, 3.05) is 13.1 Å². The van der Waals surface area contributed by atoms with Crippen LogP contribution in [-0.2, 0) is 24.3 Å². The quantitative estimate of drug-likeness (QED) is 0.593. The fourth-order valence-corrected chi connectivity index (χ4v) is 4.53. The largest absolute Gasteiger partial charge is 0.355 e. The zero-order valence-corrected chi connectivity index (χ0v) is 17.8. The molecule has 3 aromatic rings. The summed E-state index contributed by atoms with van der Waals surface area (Å²) in [4.78, 5) is 37.1. The van der Waals surface area contributed by atoms with Crippen LogP contribution in [0.1, 0.15) is 46.0 Å². The van der Waals surface area contributed by atoms with E-state index in [0.29, 0.717) is 24.5 Å². The number of rotatable bonds is 7. The van der Waals surface area contributed by atoms with E-state index in [1.54, 1.807) is 17.3 Å². The lowest BCUT2D eigenvalue weighted by atomic mass is 9.93. The number of carbonyl (C=O) groups excluding carboxylic acids is 2. The Labute approximate surface area is 179 Å². The summed E-state index contributed by atoms with van der Waals surface area (Å²) >= 11 is 1.42. The summed E-state index contributed by atoms with van der Waals surface area (Å²) in [6.07, 6.45) is 7.19. The summed E-state index contributed by atoms with van der Waals surface area (Å²) in [6, 6.07) is 7.48. The molecule has 2 amide bonds. The lowest BCUT2D eigenvalue weighted by Gasteiger charge is -2.33. The number of nitrogens with zero attached hydrogens (tertiary/aromatic N) is 4. The number of thiophene rings is 1. The van der Waals surface area contributed by atoms with Crippen LogP contribution in [0.4, 0.5) is 0 Å². The van der Waals surface area contributed by atoms with Gasteiger partial charge in [-0.1, -0.05) is 19.1 Å². The zero-order chi connectivity index (χ0) is 20.9. The number of aromatic nitrogens is 3. The minimum atomic E-state index is -0.460. The molecule has 3 aromatic heterocycles. The van der Waals surface area contributed by atoms with E-state index in [1.165, 1.54) is 11.3 Å². The van der Waals surface area contributed by atoms with Crippen LogP contribution in [-0.4, -0.2) is 44.3 Å². The SMILES string of the molecule is CCc1nccn1CCCNC(=O)C1CN(C(=O)c2cccs2)Cc2cccnc21. The van der Waals surface area contributed by atoms with Crippen LogP contribution in [0.25, 0.3) is 0 Å². The Bertz CT molecular complexity index is 1010. The molecule has 8 heteroatoms. The number of fused-ring (bicyclic) bond motifs is 1. The van der Waals surface area contributed by atoms with E-state index in [9.17, 15) is 9.59 Å². The highest BCUT2D eigenvalue weighted by Crippen LogP contribution is 2.28. The molecule has 30 heavy (non-hydrogen) atoms. The maximum atomic E-state index is 13.0. The second-order valence-electron chi connectivity index (χ2n) is 7.30. The topological polar surface area (TPSA) is 80.1 Å². The number of imidazole rings is 1. The van der Waals surface area contributed by atoms with Gasteiger partial charge in [-0.25, -0.2) is 4.98 Å². The maximum Gasteiger partial charge on any atom is 0.264 e. The lowest BCUT2D eigenvalue weighted by molar-refractivity contribution is -0.123. The van der Waals surface area contributed by atoms with Gasteiger partial charge in [0.25, 0.3) is 5.91 Å². The third-order valence-electron chi connectivity index (χ3n) is 5.35. The first-order chi connectivity index (χ1) is 14.7. The van der Waals surface area contributed by atoms with Crippen LogP contribution in [0, 0.1) is 0 Å². The van der Waals surface area contributed by atoms with Gasteiger partial charge in [0.15, 0.2) is 0 Å². The highest BCUT2D eigenvalue weighted by atomic mass is 32.1. The van der Waals surface area contributed by atoms with Crippen molar-refractivity contribution in [3.63, 3.8) is 0 Å². The van der Waals surface area contributed by atoms with Gasteiger partial charge in [-0.2, -0.15) is 0 Å². The first-order valence-electron chi connectivity index (χ1n) is 10.2. The Morgan fingerprint density at radius 2 is 2.13 bits per heavy atom. The normalized spacial score (nSPS) is 15.6. The van der Waals surface area contributed by atoms with Crippen molar-refractivity contribution in [2.45, 2.75) is 38.8 Å². The summed E-state index contributed by atoms with van der Waals surface area (Å²) in [5, 5.41) is 4.93. The number of hydrogen-bond acceptors (Lipinski definition) is 5. The van der Waals surface area contributed by atoms with Crippen molar-refractivity contribution >= 4 is 23.2 Å². The van der Waals surface area contributed by atoms with Crippen molar-refractivity contribution in [1.29, 1.82) is 0 Å². The molecular weight excluding hydrogens is 398 g/mol. The molecule has 0 aliphatic carbocycles. The number of carbonyl (C=O) groups is 2. The lowest BCUT2D eigenvalue weighted by Crippen LogP contribution is -2.44. The van der Waals surface area contributed by atoms with Gasteiger partial charge in [-0.05, 0) is 29.5 Å². The zero-order valence-electron chi connectivity index (χ0n) is 17.0. The Morgan fingerprint density at radius 1 is 1.23 bits per heavy atom. The van der Waals surface area contributed by atoms with E-state index in [2.05, 4.69) is 26.8 Å². The molecule has 1 aliphatic rings. The van der Waals surface area contributed by atoms with E-state index in [4.69, 9.17) is 0 Å². The van der Waals surface area contributed by atoms with Crippen LogP contribution >= 0.6 is 11.3 Å². The smallest absolute Gasteiger partial charge is 0.264 e. The Kier molecular flexibility index (Phi) is 6.23. The molecule has 0 aromatic carbocycles. The van der Waals surface area contributed by atoms with Gasteiger partial charge in [-0.15, -0.1) is 11.3 Å². The van der Waals surface area contributed by atoms with Crippen molar-refractivity contribution in [2.24, 2.45) is 0 Å². The fourth-order valence-electron chi connectivity index (χ4n) is 3.84. The summed E-state index contributed by atoms with van der Waals surface area (Å²) in [5.41, 5.74) is 1.70. The van der Waals surface area contributed by atoms with Crippen molar-refractivity contribution in [3.8, 4) is 0 Å². The third-order valence-corrected chi connectivity index (χ3v) is 6.21. The van der Waals surface area contributed by atoms with Gasteiger partial charge in [0.1, 0.15) is 5.82 Å². The minimum Gasteiger partial charge on any atom is -0.355 e. The van der Waals surface area contributed by atoms with E-state index in [0.717, 1.165) is 36.5 Å². The maximum absolute atomic E-state index is 13.0. The summed E-state index contributed by atoms with van der Waals surface area (Å²) < 4.78 is 2.12. The molecule has 0 radical (unpaired) electrons. The molecule has 0 saturated heterocycles. The average molecular weight is 424 g/mol. The molecule has 0 bridgehead atoms. The monoisotopic (exact) mass is 423 g/mol. The second kappa shape index (κ2) is 9.21. The summed E-state index contributed by atoms with van der Waals surface area (Å²) in [7, 11) is 0. The Morgan fingerprint density at radius 3 is 2.93 bits per heavy atom. The van der Waals surface area contributed by atoms with Gasteiger partial charge in [0, 0.05) is 51.2 Å². The molecule has 156 valence electrons. The second-order valence-corrected chi connectivity index (χ2v) is 8.25. The molecule has 1 aliphatic heterocycles. The number of aryl methyl sites for hydroxylation is 2. The van der Waals surface area contributed by atoms with E-state index >= 15 is 0 Å². The molecule has 1 atom stereocenters. The number of pyridine rings is 1. The number of hydrogen-bond donors (Lipinski definition) is 1. The van der Waals surface area contributed by atoms with E-state index in [1.807, 2.05) is 35.8 Å². The molecule has 0 spiro atoms. The first-order valence-corrected chi connectivity index (χ1v) is 11.1. The van der Waals surface area contributed by atoms with E-state index < -0.39 is 5.92 Å². The predicted octanol–water partition coefficient (Wildman–Crippen LogP) is 2.85. The molecule has 0 fully saturated rings. The molecule has 0 saturated carbocycles. The van der Waals surface area contributed by atoms with Crippen LogP contribution in [0.15, 0.2) is 48.2 Å². The van der Waals surface area contributed by atoms with Crippen molar-refractivity contribution in [1.82, 2.24) is 24.8 Å². The van der Waals surface area contributed by atoms with Crippen LogP contribution in [0.5, 0.6) is 0 Å². The van der Waals surface area contributed by atoms with Gasteiger partial charge in [0.2, 0.25) is 5.91 Å². The van der Waals surface area contributed by atoms with Crippen LogP contribution < -0.4 is 5.32 Å². The Hall–Kier alpha value is -3.00. The third kappa shape index (κ3) is 4.28. The first kappa shape index (κ1) is 20.3. The molecule has 7 nitrogen and oxygen atoms in total. The molecule has 4 rings (SSSR count). The fraction of sp³-hybridized carbons (Fsp3) is 0.364. The highest BCUT2D eigenvalue weighted by Gasteiger charge is 2.34. The Balaban J connectivity index is 1.41. The average Bonchev–Trinajstić information content (AvgIpc) is 3.47.